The van der Waals surface area contributed by atoms with Crippen LogP contribution in [-0.2, 0) is 10.0 Å². The highest BCUT2D eigenvalue weighted by Crippen LogP contribution is 2.23. The van der Waals surface area contributed by atoms with Gasteiger partial charge in [0.2, 0.25) is 10.0 Å². The van der Waals surface area contributed by atoms with Crippen molar-refractivity contribution in [2.24, 2.45) is 0 Å². The molecule has 1 N–H and O–H groups in total. The molecular formula is C20H26FN3O2S. The van der Waals surface area contributed by atoms with Crippen LogP contribution in [-0.4, -0.2) is 58.0 Å². The second-order valence-corrected chi connectivity index (χ2v) is 8.76. The van der Waals surface area contributed by atoms with Gasteiger partial charge in [-0.3, -0.25) is 4.90 Å². The summed E-state index contributed by atoms with van der Waals surface area (Å²) < 4.78 is 41.6. The van der Waals surface area contributed by atoms with E-state index in [0.29, 0.717) is 5.56 Å². The molecule has 0 aliphatic carbocycles. The van der Waals surface area contributed by atoms with Gasteiger partial charge in [-0.15, -0.1) is 0 Å². The Morgan fingerprint density at radius 1 is 1.07 bits per heavy atom. The molecule has 3 rings (SSSR count). The molecule has 1 aliphatic heterocycles. The minimum absolute atomic E-state index is 0.0459. The third-order valence-electron chi connectivity index (χ3n) is 5.06. The van der Waals surface area contributed by atoms with Gasteiger partial charge in [0.1, 0.15) is 5.82 Å². The van der Waals surface area contributed by atoms with Gasteiger partial charge in [0.15, 0.2) is 0 Å². The summed E-state index contributed by atoms with van der Waals surface area (Å²) in [6.45, 7) is 5.54. The molecule has 7 heteroatoms. The lowest BCUT2D eigenvalue weighted by Gasteiger charge is -2.38. The molecule has 1 saturated heterocycles. The summed E-state index contributed by atoms with van der Waals surface area (Å²) in [5.41, 5.74) is 1.49. The molecular weight excluding hydrogens is 365 g/mol. The van der Waals surface area contributed by atoms with Crippen molar-refractivity contribution in [3.05, 3.63) is 65.5 Å². The largest absolute Gasteiger partial charge is 0.304 e. The van der Waals surface area contributed by atoms with Crippen molar-refractivity contribution in [1.82, 2.24) is 14.5 Å². The van der Waals surface area contributed by atoms with E-state index in [0.717, 1.165) is 31.7 Å². The molecule has 1 fully saturated rings. The van der Waals surface area contributed by atoms with E-state index in [1.54, 1.807) is 6.92 Å². The summed E-state index contributed by atoms with van der Waals surface area (Å²) >= 11 is 0. The van der Waals surface area contributed by atoms with Gasteiger partial charge < -0.3 is 4.90 Å². The number of nitrogens with one attached hydrogen (secondary N) is 1. The first kappa shape index (κ1) is 19.9. The number of aryl methyl sites for hydroxylation is 1. The maximum Gasteiger partial charge on any atom is 0.240 e. The van der Waals surface area contributed by atoms with Crippen LogP contribution in [0.3, 0.4) is 0 Å². The maximum absolute atomic E-state index is 13.3. The van der Waals surface area contributed by atoms with Crippen LogP contribution >= 0.6 is 0 Å². The second kappa shape index (κ2) is 8.48. The number of hydrogen-bond acceptors (Lipinski definition) is 4. The number of halogens is 1. The monoisotopic (exact) mass is 391 g/mol. The average Bonchev–Trinajstić information content (AvgIpc) is 2.64. The number of nitrogens with zero attached hydrogens (tertiary/aromatic N) is 2. The van der Waals surface area contributed by atoms with Crippen molar-refractivity contribution in [2.45, 2.75) is 17.9 Å². The molecule has 146 valence electrons. The SMILES string of the molecule is Cc1cc(F)ccc1S(=O)(=O)NCC(c1ccccc1)N1CCN(C)CC1. The Balaban J connectivity index is 1.80. The molecule has 1 heterocycles. The van der Waals surface area contributed by atoms with Gasteiger partial charge in [0.05, 0.1) is 4.90 Å². The van der Waals surface area contributed by atoms with E-state index in [1.807, 2.05) is 30.3 Å². The molecule has 1 unspecified atom stereocenters. The van der Waals surface area contributed by atoms with Crippen LogP contribution in [0.1, 0.15) is 17.2 Å². The van der Waals surface area contributed by atoms with Crippen LogP contribution in [0.25, 0.3) is 0 Å². The van der Waals surface area contributed by atoms with Crippen molar-refractivity contribution >= 4 is 10.0 Å². The number of hydrogen-bond donors (Lipinski definition) is 1. The van der Waals surface area contributed by atoms with E-state index in [1.165, 1.54) is 18.2 Å². The van der Waals surface area contributed by atoms with Crippen LogP contribution in [0.5, 0.6) is 0 Å². The Morgan fingerprint density at radius 3 is 2.37 bits per heavy atom. The molecule has 2 aromatic carbocycles. The van der Waals surface area contributed by atoms with Gasteiger partial charge >= 0.3 is 0 Å². The Labute approximate surface area is 160 Å². The predicted octanol–water partition coefficient (Wildman–Crippen LogP) is 2.40. The zero-order chi connectivity index (χ0) is 19.4. The van der Waals surface area contributed by atoms with Crippen LogP contribution in [0.2, 0.25) is 0 Å². The summed E-state index contributed by atoms with van der Waals surface area (Å²) in [4.78, 5) is 4.70. The van der Waals surface area contributed by atoms with Gasteiger partial charge in [0.25, 0.3) is 0 Å². The van der Waals surface area contributed by atoms with Crippen molar-refractivity contribution in [2.75, 3.05) is 39.8 Å². The Hall–Kier alpha value is -1.80. The predicted molar refractivity (Wildman–Crippen MR) is 105 cm³/mol. The first-order chi connectivity index (χ1) is 12.9. The minimum atomic E-state index is -3.71. The van der Waals surface area contributed by atoms with Crippen molar-refractivity contribution < 1.29 is 12.8 Å². The lowest BCUT2D eigenvalue weighted by atomic mass is 10.0. The fourth-order valence-corrected chi connectivity index (χ4v) is 4.71. The first-order valence-electron chi connectivity index (χ1n) is 9.10. The van der Waals surface area contributed by atoms with Gasteiger partial charge in [-0.05, 0) is 43.3 Å². The van der Waals surface area contributed by atoms with Crippen LogP contribution in [0.15, 0.2) is 53.4 Å². The van der Waals surface area contributed by atoms with Gasteiger partial charge in [-0.2, -0.15) is 0 Å². The number of sulfonamides is 1. The fourth-order valence-electron chi connectivity index (χ4n) is 3.45. The van der Waals surface area contributed by atoms with E-state index >= 15 is 0 Å². The molecule has 1 atom stereocenters. The normalized spacial score (nSPS) is 17.7. The van der Waals surface area contributed by atoms with Crippen LogP contribution < -0.4 is 4.72 Å². The highest BCUT2D eigenvalue weighted by Gasteiger charge is 2.26. The summed E-state index contributed by atoms with van der Waals surface area (Å²) in [5, 5.41) is 0. The zero-order valence-electron chi connectivity index (χ0n) is 15.7. The molecule has 1 aliphatic rings. The molecule has 5 nitrogen and oxygen atoms in total. The number of rotatable bonds is 6. The van der Waals surface area contributed by atoms with E-state index < -0.39 is 15.8 Å². The lowest BCUT2D eigenvalue weighted by molar-refractivity contribution is 0.113. The quantitative estimate of drug-likeness (QED) is 0.822. The van der Waals surface area contributed by atoms with E-state index in [-0.39, 0.29) is 17.5 Å². The van der Waals surface area contributed by atoms with Crippen LogP contribution in [0.4, 0.5) is 4.39 Å². The van der Waals surface area contributed by atoms with Crippen molar-refractivity contribution in [3.8, 4) is 0 Å². The molecule has 0 radical (unpaired) electrons. The summed E-state index contributed by atoms with van der Waals surface area (Å²) in [6, 6.07) is 13.6. The van der Waals surface area contributed by atoms with Crippen LogP contribution in [0, 0.1) is 12.7 Å². The molecule has 0 bridgehead atoms. The highest BCUT2D eigenvalue weighted by atomic mass is 32.2. The van der Waals surface area contributed by atoms with Crippen molar-refractivity contribution in [3.63, 3.8) is 0 Å². The molecule has 0 spiro atoms. The Morgan fingerprint density at radius 2 is 1.74 bits per heavy atom. The second-order valence-electron chi connectivity index (χ2n) is 7.03. The average molecular weight is 392 g/mol. The summed E-state index contributed by atoms with van der Waals surface area (Å²) in [6.07, 6.45) is 0. The minimum Gasteiger partial charge on any atom is -0.304 e. The molecule has 0 saturated carbocycles. The van der Waals surface area contributed by atoms with Gasteiger partial charge in [0, 0.05) is 38.8 Å². The molecule has 2 aromatic rings. The smallest absolute Gasteiger partial charge is 0.240 e. The number of benzene rings is 2. The standard InChI is InChI=1S/C20H26FN3O2S/c1-16-14-18(21)8-9-20(16)27(25,26)22-15-19(17-6-4-3-5-7-17)24-12-10-23(2)11-13-24/h3-9,14,19,22H,10-13,15H2,1-2H3. The van der Waals surface area contributed by atoms with Crippen molar-refractivity contribution in [1.29, 1.82) is 0 Å². The van der Waals surface area contributed by atoms with Gasteiger partial charge in [-0.25, -0.2) is 17.5 Å². The summed E-state index contributed by atoms with van der Waals surface area (Å²) in [7, 11) is -1.62. The Kier molecular flexibility index (Phi) is 6.26. The topological polar surface area (TPSA) is 52.7 Å². The summed E-state index contributed by atoms with van der Waals surface area (Å²) in [5.74, 6) is -0.439. The Bertz CT molecular complexity index is 866. The lowest BCUT2D eigenvalue weighted by Crippen LogP contribution is -2.48. The molecule has 0 amide bonds. The molecule has 0 aromatic heterocycles. The zero-order valence-corrected chi connectivity index (χ0v) is 16.5. The van der Waals surface area contributed by atoms with E-state index in [9.17, 15) is 12.8 Å². The first-order valence-corrected chi connectivity index (χ1v) is 10.6. The molecule has 27 heavy (non-hydrogen) atoms. The third-order valence-corrected chi connectivity index (χ3v) is 6.64. The highest BCUT2D eigenvalue weighted by molar-refractivity contribution is 7.89. The fraction of sp³-hybridized carbons (Fsp3) is 0.400. The maximum atomic E-state index is 13.3. The third kappa shape index (κ3) is 4.93. The number of likely N-dealkylation sites (N-methyl/N-ethyl adjacent to an activating group) is 1. The van der Waals surface area contributed by atoms with Gasteiger partial charge in [-0.1, -0.05) is 30.3 Å². The number of piperazine rings is 1. The van der Waals surface area contributed by atoms with E-state index in [4.69, 9.17) is 0 Å². The van der Waals surface area contributed by atoms with E-state index in [2.05, 4.69) is 21.6 Å².